The van der Waals surface area contributed by atoms with Crippen molar-refractivity contribution < 1.29 is 0 Å². The van der Waals surface area contributed by atoms with E-state index < -0.39 is 0 Å². The van der Waals surface area contributed by atoms with E-state index in [1.807, 2.05) is 11.6 Å². The molecule has 0 atom stereocenters. The lowest BCUT2D eigenvalue weighted by molar-refractivity contribution is 0.638. The van der Waals surface area contributed by atoms with Gasteiger partial charge in [-0.05, 0) is 12.3 Å². The first-order valence-corrected chi connectivity index (χ1v) is 5.01. The summed E-state index contributed by atoms with van der Waals surface area (Å²) in [6.45, 7) is 4.29. The van der Waals surface area contributed by atoms with E-state index in [4.69, 9.17) is 5.73 Å². The van der Waals surface area contributed by atoms with Crippen LogP contribution in [-0.2, 0) is 13.5 Å². The molecule has 2 rings (SSSR count). The van der Waals surface area contributed by atoms with Crippen molar-refractivity contribution in [3.8, 4) is 0 Å². The first kappa shape index (κ1) is 9.89. The standard InChI is InChI=1S/C10H15N5/c1-6(2)4-7-8-9(14-10(11)13-7)15(3)5-12-8/h5-6H,4H2,1-3H3,(H2,11,13,14). The highest BCUT2D eigenvalue weighted by molar-refractivity contribution is 5.74. The number of fused-ring (bicyclic) bond motifs is 1. The zero-order chi connectivity index (χ0) is 11.0. The summed E-state index contributed by atoms with van der Waals surface area (Å²) in [7, 11) is 1.90. The van der Waals surface area contributed by atoms with E-state index in [0.717, 1.165) is 23.3 Å². The Morgan fingerprint density at radius 1 is 1.40 bits per heavy atom. The topological polar surface area (TPSA) is 69.6 Å². The third-order valence-electron chi connectivity index (χ3n) is 2.25. The molecule has 5 heteroatoms. The third-order valence-corrected chi connectivity index (χ3v) is 2.25. The lowest BCUT2D eigenvalue weighted by Gasteiger charge is -2.05. The lowest BCUT2D eigenvalue weighted by atomic mass is 10.1. The Morgan fingerprint density at radius 3 is 2.80 bits per heavy atom. The molecule has 0 saturated heterocycles. The molecule has 2 aromatic rings. The molecule has 0 bridgehead atoms. The zero-order valence-corrected chi connectivity index (χ0v) is 9.23. The fraction of sp³-hybridized carbons (Fsp3) is 0.500. The van der Waals surface area contributed by atoms with Crippen LogP contribution in [0.25, 0.3) is 11.2 Å². The number of aryl methyl sites for hydroxylation is 1. The normalized spacial score (nSPS) is 11.5. The highest BCUT2D eigenvalue weighted by Crippen LogP contribution is 2.17. The van der Waals surface area contributed by atoms with Crippen LogP contribution >= 0.6 is 0 Å². The number of hydrogen-bond acceptors (Lipinski definition) is 4. The van der Waals surface area contributed by atoms with Crippen LogP contribution in [0.5, 0.6) is 0 Å². The van der Waals surface area contributed by atoms with Crippen LogP contribution in [-0.4, -0.2) is 19.5 Å². The zero-order valence-electron chi connectivity index (χ0n) is 9.23. The first-order chi connectivity index (χ1) is 7.08. The molecule has 0 saturated carbocycles. The van der Waals surface area contributed by atoms with E-state index in [-0.39, 0.29) is 0 Å². The van der Waals surface area contributed by atoms with Gasteiger partial charge in [-0.2, -0.15) is 4.98 Å². The summed E-state index contributed by atoms with van der Waals surface area (Å²) in [5.74, 6) is 0.853. The van der Waals surface area contributed by atoms with Crippen molar-refractivity contribution in [2.75, 3.05) is 5.73 Å². The summed E-state index contributed by atoms with van der Waals surface area (Å²) in [4.78, 5) is 12.7. The highest BCUT2D eigenvalue weighted by atomic mass is 15.1. The van der Waals surface area contributed by atoms with Gasteiger partial charge in [0.05, 0.1) is 12.0 Å². The van der Waals surface area contributed by atoms with Crippen LogP contribution in [0, 0.1) is 5.92 Å². The molecule has 0 amide bonds. The molecule has 2 aromatic heterocycles. The van der Waals surface area contributed by atoms with Gasteiger partial charge in [-0.15, -0.1) is 0 Å². The summed E-state index contributed by atoms with van der Waals surface area (Å²) >= 11 is 0. The Kier molecular flexibility index (Phi) is 2.30. The molecule has 0 aliphatic rings. The number of rotatable bonds is 2. The van der Waals surface area contributed by atoms with Crippen molar-refractivity contribution in [2.45, 2.75) is 20.3 Å². The van der Waals surface area contributed by atoms with Crippen LogP contribution in [0.1, 0.15) is 19.5 Å². The number of hydrogen-bond donors (Lipinski definition) is 1. The smallest absolute Gasteiger partial charge is 0.222 e. The molecule has 0 aliphatic heterocycles. The Morgan fingerprint density at radius 2 is 2.13 bits per heavy atom. The van der Waals surface area contributed by atoms with Gasteiger partial charge in [0.2, 0.25) is 5.95 Å². The van der Waals surface area contributed by atoms with E-state index in [1.54, 1.807) is 6.33 Å². The molecule has 0 aromatic carbocycles. The SMILES string of the molecule is CC(C)Cc1nc(N)nc2c1ncn2C. The maximum atomic E-state index is 5.67. The van der Waals surface area contributed by atoms with Gasteiger partial charge < -0.3 is 10.3 Å². The van der Waals surface area contributed by atoms with E-state index in [1.165, 1.54) is 0 Å². The van der Waals surface area contributed by atoms with Gasteiger partial charge in [0.15, 0.2) is 5.65 Å². The van der Waals surface area contributed by atoms with Gasteiger partial charge in [-0.25, -0.2) is 9.97 Å². The summed E-state index contributed by atoms with van der Waals surface area (Å²) in [5, 5.41) is 0. The molecule has 2 N–H and O–H groups in total. The molecule has 0 spiro atoms. The highest BCUT2D eigenvalue weighted by Gasteiger charge is 2.11. The van der Waals surface area contributed by atoms with Crippen LogP contribution in [0.15, 0.2) is 6.33 Å². The minimum atomic E-state index is 0.321. The maximum absolute atomic E-state index is 5.67. The number of nitrogens with two attached hydrogens (primary N) is 1. The molecule has 5 nitrogen and oxygen atoms in total. The van der Waals surface area contributed by atoms with Crippen LogP contribution in [0.2, 0.25) is 0 Å². The molecule has 0 aliphatic carbocycles. The minimum Gasteiger partial charge on any atom is -0.368 e. The Hall–Kier alpha value is -1.65. The van der Waals surface area contributed by atoms with Gasteiger partial charge in [0.1, 0.15) is 5.52 Å². The molecule has 0 fully saturated rings. The number of nitrogen functional groups attached to an aromatic ring is 1. The quantitative estimate of drug-likeness (QED) is 0.798. The van der Waals surface area contributed by atoms with Crippen molar-refractivity contribution in [1.82, 2.24) is 19.5 Å². The van der Waals surface area contributed by atoms with Crippen molar-refractivity contribution in [3.05, 3.63) is 12.0 Å². The van der Waals surface area contributed by atoms with Crippen molar-refractivity contribution in [3.63, 3.8) is 0 Å². The van der Waals surface area contributed by atoms with Crippen molar-refractivity contribution in [2.24, 2.45) is 13.0 Å². The first-order valence-electron chi connectivity index (χ1n) is 5.01. The monoisotopic (exact) mass is 205 g/mol. The maximum Gasteiger partial charge on any atom is 0.222 e. The fourth-order valence-corrected chi connectivity index (χ4v) is 1.61. The van der Waals surface area contributed by atoms with Crippen LogP contribution < -0.4 is 5.73 Å². The Labute approximate surface area is 88.4 Å². The second kappa shape index (κ2) is 3.49. The molecular formula is C10H15N5. The van der Waals surface area contributed by atoms with E-state index in [9.17, 15) is 0 Å². The van der Waals surface area contributed by atoms with Gasteiger partial charge in [0.25, 0.3) is 0 Å². The average Bonchev–Trinajstić information content (AvgIpc) is 2.47. The van der Waals surface area contributed by atoms with E-state index in [2.05, 4.69) is 28.8 Å². The van der Waals surface area contributed by atoms with Crippen LogP contribution in [0.4, 0.5) is 5.95 Å². The molecule has 2 heterocycles. The second-order valence-corrected chi connectivity index (χ2v) is 4.15. The van der Waals surface area contributed by atoms with Crippen LogP contribution in [0.3, 0.4) is 0 Å². The summed E-state index contributed by atoms with van der Waals surface area (Å²) in [6.07, 6.45) is 2.61. The molecule has 0 radical (unpaired) electrons. The minimum absolute atomic E-state index is 0.321. The van der Waals surface area contributed by atoms with E-state index in [0.29, 0.717) is 11.9 Å². The van der Waals surface area contributed by atoms with Gasteiger partial charge in [0, 0.05) is 7.05 Å². The van der Waals surface area contributed by atoms with Gasteiger partial charge in [-0.1, -0.05) is 13.8 Å². The number of anilines is 1. The second-order valence-electron chi connectivity index (χ2n) is 4.15. The fourth-order valence-electron chi connectivity index (χ4n) is 1.61. The summed E-state index contributed by atoms with van der Waals surface area (Å²) in [6, 6.07) is 0. The Balaban J connectivity index is 2.61. The van der Waals surface area contributed by atoms with E-state index >= 15 is 0 Å². The number of imidazole rings is 1. The lowest BCUT2D eigenvalue weighted by Crippen LogP contribution is -2.04. The van der Waals surface area contributed by atoms with Crippen molar-refractivity contribution >= 4 is 17.1 Å². The summed E-state index contributed by atoms with van der Waals surface area (Å²) in [5.41, 5.74) is 8.27. The largest absolute Gasteiger partial charge is 0.368 e. The predicted molar refractivity (Wildman–Crippen MR) is 59.3 cm³/mol. The number of aromatic nitrogens is 4. The molecule has 15 heavy (non-hydrogen) atoms. The molecule has 80 valence electrons. The summed E-state index contributed by atoms with van der Waals surface area (Å²) < 4.78 is 1.86. The van der Waals surface area contributed by atoms with Crippen molar-refractivity contribution in [1.29, 1.82) is 0 Å². The van der Waals surface area contributed by atoms with Gasteiger partial charge in [-0.3, -0.25) is 0 Å². The Bertz CT molecular complexity index is 486. The number of nitrogens with zero attached hydrogens (tertiary/aromatic N) is 4. The van der Waals surface area contributed by atoms with Gasteiger partial charge >= 0.3 is 0 Å². The molecule has 0 unspecified atom stereocenters. The predicted octanol–water partition coefficient (Wildman–Crippen LogP) is 1.14. The molecular weight excluding hydrogens is 190 g/mol. The third kappa shape index (κ3) is 1.77. The average molecular weight is 205 g/mol.